The average Bonchev–Trinajstić information content (AvgIpc) is 2.79. The molecule has 0 aliphatic carbocycles. The number of hydrogen-bond donors (Lipinski definition) is 1. The summed E-state index contributed by atoms with van der Waals surface area (Å²) in [6.07, 6.45) is 0. The number of halogens is 2. The lowest BCUT2D eigenvalue weighted by atomic mass is 10.2. The number of phenols is 1. The van der Waals surface area contributed by atoms with Crippen molar-refractivity contribution in [2.24, 2.45) is 0 Å². The van der Waals surface area contributed by atoms with Gasteiger partial charge in [-0.1, -0.05) is 6.07 Å². The van der Waals surface area contributed by atoms with Gasteiger partial charge in [0.05, 0.1) is 11.1 Å². The molecule has 0 atom stereocenters. The first-order valence-electron chi connectivity index (χ1n) is 6.64. The van der Waals surface area contributed by atoms with Crippen molar-refractivity contribution < 1.29 is 13.9 Å². The van der Waals surface area contributed by atoms with Crippen LogP contribution in [0, 0.1) is 11.6 Å². The minimum Gasteiger partial charge on any atom is -0.508 e. The Balaban J connectivity index is 2.36. The molecule has 1 heterocycles. The minimum atomic E-state index is -0.590. The Hall–Kier alpha value is -2.43. The number of fused-ring (bicyclic) bond motifs is 1. The Labute approximate surface area is 120 Å². The number of aromatic nitrogens is 2. The highest BCUT2D eigenvalue weighted by Gasteiger charge is 2.19. The number of hydrogen-bond acceptors (Lipinski definition) is 2. The van der Waals surface area contributed by atoms with Gasteiger partial charge in [0.2, 0.25) is 0 Å². The van der Waals surface area contributed by atoms with Crippen LogP contribution in [0.4, 0.5) is 8.78 Å². The Morgan fingerprint density at radius 2 is 1.86 bits per heavy atom. The van der Waals surface area contributed by atoms with Gasteiger partial charge in [-0.25, -0.2) is 13.8 Å². The van der Waals surface area contributed by atoms with Gasteiger partial charge in [-0.2, -0.15) is 0 Å². The van der Waals surface area contributed by atoms with E-state index in [1.165, 1.54) is 18.2 Å². The van der Waals surface area contributed by atoms with Crippen molar-refractivity contribution in [3.63, 3.8) is 0 Å². The molecule has 1 aromatic heterocycles. The van der Waals surface area contributed by atoms with Crippen LogP contribution in [-0.4, -0.2) is 14.7 Å². The quantitative estimate of drug-likeness (QED) is 0.764. The molecule has 0 aliphatic rings. The molecule has 1 N–H and O–H groups in total. The average molecular weight is 288 g/mol. The maximum Gasteiger partial charge on any atom is 0.151 e. The molecule has 0 spiro atoms. The van der Waals surface area contributed by atoms with Crippen molar-refractivity contribution in [1.29, 1.82) is 0 Å². The number of aromatic hydroxyl groups is 1. The molecule has 3 nitrogen and oxygen atoms in total. The summed E-state index contributed by atoms with van der Waals surface area (Å²) in [6.45, 7) is 3.85. The van der Waals surface area contributed by atoms with E-state index in [0.29, 0.717) is 11.3 Å². The second kappa shape index (κ2) is 4.84. The fraction of sp³-hybridized carbons (Fsp3) is 0.188. The summed E-state index contributed by atoms with van der Waals surface area (Å²) >= 11 is 0. The zero-order valence-electron chi connectivity index (χ0n) is 11.6. The lowest BCUT2D eigenvalue weighted by Crippen LogP contribution is -2.04. The van der Waals surface area contributed by atoms with Crippen LogP contribution in [0.3, 0.4) is 0 Å². The van der Waals surface area contributed by atoms with E-state index in [1.54, 1.807) is 16.7 Å². The van der Waals surface area contributed by atoms with Gasteiger partial charge < -0.3 is 9.67 Å². The van der Waals surface area contributed by atoms with Crippen molar-refractivity contribution in [1.82, 2.24) is 9.55 Å². The van der Waals surface area contributed by atoms with Gasteiger partial charge >= 0.3 is 0 Å². The Morgan fingerprint density at radius 3 is 2.52 bits per heavy atom. The first kappa shape index (κ1) is 13.5. The Bertz CT molecular complexity index is 825. The van der Waals surface area contributed by atoms with E-state index >= 15 is 0 Å². The molecule has 3 rings (SSSR count). The third kappa shape index (κ3) is 2.14. The maximum atomic E-state index is 14.1. The number of nitrogens with zero attached hydrogens (tertiary/aromatic N) is 2. The highest BCUT2D eigenvalue weighted by atomic mass is 19.1. The van der Waals surface area contributed by atoms with Gasteiger partial charge in [-0.15, -0.1) is 0 Å². The molecule has 0 bridgehead atoms. The summed E-state index contributed by atoms with van der Waals surface area (Å²) in [5.41, 5.74) is 1.07. The van der Waals surface area contributed by atoms with Gasteiger partial charge in [0, 0.05) is 12.1 Å². The van der Waals surface area contributed by atoms with Crippen LogP contribution in [0.15, 0.2) is 36.4 Å². The van der Waals surface area contributed by atoms with Crippen LogP contribution < -0.4 is 0 Å². The van der Waals surface area contributed by atoms with Crippen LogP contribution in [0.2, 0.25) is 0 Å². The van der Waals surface area contributed by atoms with E-state index in [9.17, 15) is 13.9 Å². The molecular formula is C16H14F2N2O. The van der Waals surface area contributed by atoms with Crippen LogP contribution >= 0.6 is 0 Å². The van der Waals surface area contributed by atoms with Gasteiger partial charge in [-0.3, -0.25) is 0 Å². The molecule has 21 heavy (non-hydrogen) atoms. The van der Waals surface area contributed by atoms with Crippen molar-refractivity contribution in [3.05, 3.63) is 48.0 Å². The van der Waals surface area contributed by atoms with Crippen LogP contribution in [0.25, 0.3) is 22.4 Å². The van der Waals surface area contributed by atoms with E-state index in [4.69, 9.17) is 0 Å². The summed E-state index contributed by atoms with van der Waals surface area (Å²) in [6, 6.07) is 8.54. The second-order valence-electron chi connectivity index (χ2n) is 5.17. The van der Waals surface area contributed by atoms with Crippen molar-refractivity contribution in [2.75, 3.05) is 0 Å². The first-order chi connectivity index (χ1) is 9.99. The highest BCUT2D eigenvalue weighted by molar-refractivity contribution is 5.81. The molecular weight excluding hydrogens is 274 g/mol. The lowest BCUT2D eigenvalue weighted by molar-refractivity contribution is 0.469. The van der Waals surface area contributed by atoms with Crippen molar-refractivity contribution in [2.45, 2.75) is 19.9 Å². The van der Waals surface area contributed by atoms with E-state index in [1.807, 2.05) is 13.8 Å². The largest absolute Gasteiger partial charge is 0.508 e. The van der Waals surface area contributed by atoms with Crippen LogP contribution in [0.1, 0.15) is 19.9 Å². The summed E-state index contributed by atoms with van der Waals surface area (Å²) in [4.78, 5) is 4.26. The fourth-order valence-corrected chi connectivity index (χ4v) is 2.48. The van der Waals surface area contributed by atoms with Gasteiger partial charge in [-0.05, 0) is 38.1 Å². The molecule has 0 fully saturated rings. The molecule has 0 aliphatic heterocycles. The highest BCUT2D eigenvalue weighted by Crippen LogP contribution is 2.32. The van der Waals surface area contributed by atoms with Crippen molar-refractivity contribution >= 4 is 11.0 Å². The number of benzene rings is 2. The first-order valence-corrected chi connectivity index (χ1v) is 6.64. The van der Waals surface area contributed by atoms with Gasteiger partial charge in [0.25, 0.3) is 0 Å². The molecule has 3 aromatic rings. The maximum absolute atomic E-state index is 14.1. The Morgan fingerprint density at radius 1 is 1.10 bits per heavy atom. The minimum absolute atomic E-state index is 0.0139. The van der Waals surface area contributed by atoms with E-state index in [-0.39, 0.29) is 22.9 Å². The third-order valence-corrected chi connectivity index (χ3v) is 3.38. The normalized spacial score (nSPS) is 11.5. The second-order valence-corrected chi connectivity index (χ2v) is 5.17. The number of phenolic OH excluding ortho intramolecular Hbond substituents is 1. The molecule has 0 saturated carbocycles. The summed E-state index contributed by atoms with van der Waals surface area (Å²) in [5.74, 6) is -0.836. The summed E-state index contributed by atoms with van der Waals surface area (Å²) < 4.78 is 29.8. The monoisotopic (exact) mass is 288 g/mol. The molecule has 2 aromatic carbocycles. The third-order valence-electron chi connectivity index (χ3n) is 3.38. The van der Waals surface area contributed by atoms with E-state index in [0.717, 1.165) is 6.07 Å². The molecule has 0 amide bonds. The molecule has 0 saturated heterocycles. The van der Waals surface area contributed by atoms with Crippen molar-refractivity contribution in [3.8, 4) is 17.1 Å². The smallest absolute Gasteiger partial charge is 0.151 e. The topological polar surface area (TPSA) is 38.0 Å². The van der Waals surface area contributed by atoms with Gasteiger partial charge in [0.15, 0.2) is 5.82 Å². The van der Waals surface area contributed by atoms with E-state index < -0.39 is 11.6 Å². The summed E-state index contributed by atoms with van der Waals surface area (Å²) in [7, 11) is 0. The molecule has 0 unspecified atom stereocenters. The zero-order valence-corrected chi connectivity index (χ0v) is 11.6. The standard InChI is InChI=1S/C16H14F2N2O/c1-9(2)20-14-5-3-4-12(17)15(14)19-16(20)11-7-6-10(21)8-13(11)18/h3-9,21H,1-2H3. The molecule has 0 radical (unpaired) electrons. The zero-order chi connectivity index (χ0) is 15.1. The fourth-order valence-electron chi connectivity index (χ4n) is 2.48. The molecule has 5 heteroatoms. The van der Waals surface area contributed by atoms with E-state index in [2.05, 4.69) is 4.98 Å². The Kier molecular flexibility index (Phi) is 3.12. The number of imidazole rings is 1. The predicted molar refractivity (Wildman–Crippen MR) is 77.1 cm³/mol. The number of para-hydroxylation sites is 1. The van der Waals surface area contributed by atoms with Crippen LogP contribution in [-0.2, 0) is 0 Å². The van der Waals surface area contributed by atoms with Crippen LogP contribution in [0.5, 0.6) is 5.75 Å². The number of rotatable bonds is 2. The molecule has 108 valence electrons. The van der Waals surface area contributed by atoms with Gasteiger partial charge in [0.1, 0.15) is 22.9 Å². The SMILES string of the molecule is CC(C)n1c(-c2ccc(O)cc2F)nc2c(F)cccc21. The summed E-state index contributed by atoms with van der Waals surface area (Å²) in [5, 5.41) is 9.32. The lowest BCUT2D eigenvalue weighted by Gasteiger charge is -2.13. The predicted octanol–water partition coefficient (Wildman–Crippen LogP) is 4.27.